The molecule has 0 aliphatic rings. The van der Waals surface area contributed by atoms with Crippen molar-refractivity contribution in [2.75, 3.05) is 0 Å². The Morgan fingerprint density at radius 1 is 1.42 bits per heavy atom. The van der Waals surface area contributed by atoms with E-state index >= 15 is 0 Å². The third-order valence-electron chi connectivity index (χ3n) is 2.26. The summed E-state index contributed by atoms with van der Waals surface area (Å²) in [6.07, 6.45) is 1.47. The predicted molar refractivity (Wildman–Crippen MR) is 70.3 cm³/mol. The largest absolute Gasteiger partial charge is 0.459 e. The Morgan fingerprint density at radius 3 is 3.00 bits per heavy atom. The number of hydrogen-bond acceptors (Lipinski definition) is 5. The second-order valence-corrected chi connectivity index (χ2v) is 4.06. The highest BCUT2D eigenvalue weighted by Gasteiger charge is 2.05. The SMILES string of the molecule is N/C(=N/O)c1ccnc(OCc2cccc(Cl)c2)n1. The minimum Gasteiger partial charge on any atom is -0.459 e. The van der Waals surface area contributed by atoms with Gasteiger partial charge in [0.1, 0.15) is 12.3 Å². The van der Waals surface area contributed by atoms with Gasteiger partial charge >= 0.3 is 6.01 Å². The van der Waals surface area contributed by atoms with Gasteiger partial charge < -0.3 is 15.7 Å². The van der Waals surface area contributed by atoms with Crippen molar-refractivity contribution in [2.24, 2.45) is 10.9 Å². The van der Waals surface area contributed by atoms with Crippen LogP contribution in [0, 0.1) is 0 Å². The first kappa shape index (κ1) is 13.1. The fraction of sp³-hybridized carbons (Fsp3) is 0.0833. The zero-order chi connectivity index (χ0) is 13.7. The summed E-state index contributed by atoms with van der Waals surface area (Å²) in [6.45, 7) is 0.278. The second-order valence-electron chi connectivity index (χ2n) is 3.63. The number of nitrogens with two attached hydrogens (primary N) is 1. The van der Waals surface area contributed by atoms with E-state index in [0.29, 0.717) is 10.7 Å². The number of halogens is 1. The first-order valence-corrected chi connectivity index (χ1v) is 5.75. The zero-order valence-corrected chi connectivity index (χ0v) is 10.6. The Hall–Kier alpha value is -2.34. The summed E-state index contributed by atoms with van der Waals surface area (Å²) in [7, 11) is 0. The van der Waals surface area contributed by atoms with Gasteiger partial charge in [0.05, 0.1) is 0 Å². The predicted octanol–water partition coefficient (Wildman–Crippen LogP) is 1.80. The van der Waals surface area contributed by atoms with Gasteiger partial charge in [0.15, 0.2) is 5.84 Å². The van der Waals surface area contributed by atoms with Crippen LogP contribution in [0.2, 0.25) is 5.02 Å². The number of nitrogens with zero attached hydrogens (tertiary/aromatic N) is 3. The van der Waals surface area contributed by atoms with E-state index in [1.54, 1.807) is 12.1 Å². The van der Waals surface area contributed by atoms with Crippen LogP contribution in [0.15, 0.2) is 41.7 Å². The Bertz CT molecular complexity index is 604. The summed E-state index contributed by atoms with van der Waals surface area (Å²) >= 11 is 5.87. The smallest absolute Gasteiger partial charge is 0.317 e. The van der Waals surface area contributed by atoms with Gasteiger partial charge in [-0.3, -0.25) is 0 Å². The second kappa shape index (κ2) is 6.01. The fourth-order valence-electron chi connectivity index (χ4n) is 1.38. The van der Waals surface area contributed by atoms with Crippen LogP contribution in [-0.2, 0) is 6.61 Å². The average Bonchev–Trinajstić information content (AvgIpc) is 2.45. The molecule has 3 N–H and O–H groups in total. The molecule has 0 saturated heterocycles. The quantitative estimate of drug-likeness (QED) is 0.385. The van der Waals surface area contributed by atoms with E-state index in [2.05, 4.69) is 15.1 Å². The molecule has 0 aliphatic carbocycles. The monoisotopic (exact) mass is 278 g/mol. The third-order valence-corrected chi connectivity index (χ3v) is 2.50. The standard InChI is InChI=1S/C12H11ClN4O2/c13-9-3-1-2-8(6-9)7-19-12-15-5-4-10(16-12)11(14)17-18/h1-6,18H,7H2,(H2,14,17). The molecule has 0 radical (unpaired) electrons. The maximum Gasteiger partial charge on any atom is 0.317 e. The lowest BCUT2D eigenvalue weighted by Gasteiger charge is -2.05. The molecule has 1 heterocycles. The fourth-order valence-corrected chi connectivity index (χ4v) is 1.59. The molecule has 2 rings (SSSR count). The van der Waals surface area contributed by atoms with E-state index in [0.717, 1.165) is 5.56 Å². The van der Waals surface area contributed by atoms with Crippen LogP contribution in [0.1, 0.15) is 11.3 Å². The first-order chi connectivity index (χ1) is 9.19. The van der Waals surface area contributed by atoms with Gasteiger partial charge in [-0.2, -0.15) is 4.98 Å². The Kier molecular flexibility index (Phi) is 4.15. The van der Waals surface area contributed by atoms with Gasteiger partial charge in [0.2, 0.25) is 0 Å². The van der Waals surface area contributed by atoms with Gasteiger partial charge in [-0.1, -0.05) is 28.9 Å². The van der Waals surface area contributed by atoms with Crippen molar-refractivity contribution in [1.82, 2.24) is 9.97 Å². The molecule has 1 aromatic carbocycles. The van der Waals surface area contributed by atoms with E-state index in [9.17, 15) is 0 Å². The third kappa shape index (κ3) is 3.56. The Labute approximate surface area is 114 Å². The van der Waals surface area contributed by atoms with Crippen molar-refractivity contribution >= 4 is 17.4 Å². The average molecular weight is 279 g/mol. The summed E-state index contributed by atoms with van der Waals surface area (Å²) in [5.74, 6) is -0.102. The van der Waals surface area contributed by atoms with E-state index in [1.807, 2.05) is 12.1 Å². The van der Waals surface area contributed by atoms with Crippen LogP contribution < -0.4 is 10.5 Å². The van der Waals surface area contributed by atoms with Crippen molar-refractivity contribution in [1.29, 1.82) is 0 Å². The number of ether oxygens (including phenoxy) is 1. The molecule has 0 amide bonds. The van der Waals surface area contributed by atoms with Gasteiger partial charge in [0.25, 0.3) is 0 Å². The highest BCUT2D eigenvalue weighted by atomic mass is 35.5. The van der Waals surface area contributed by atoms with Crippen LogP contribution in [0.25, 0.3) is 0 Å². The van der Waals surface area contributed by atoms with Crippen LogP contribution in [-0.4, -0.2) is 21.0 Å². The van der Waals surface area contributed by atoms with Crippen molar-refractivity contribution in [3.63, 3.8) is 0 Å². The lowest BCUT2D eigenvalue weighted by molar-refractivity contribution is 0.280. The molecule has 0 unspecified atom stereocenters. The van der Waals surface area contributed by atoms with Crippen molar-refractivity contribution < 1.29 is 9.94 Å². The van der Waals surface area contributed by atoms with Crippen LogP contribution in [0.4, 0.5) is 0 Å². The highest BCUT2D eigenvalue weighted by molar-refractivity contribution is 6.30. The Balaban J connectivity index is 2.08. The van der Waals surface area contributed by atoms with Crippen LogP contribution >= 0.6 is 11.6 Å². The summed E-state index contributed by atoms with van der Waals surface area (Å²) in [4.78, 5) is 7.93. The van der Waals surface area contributed by atoms with E-state index in [1.165, 1.54) is 12.3 Å². The van der Waals surface area contributed by atoms with Gasteiger partial charge in [-0.25, -0.2) is 4.98 Å². The topological polar surface area (TPSA) is 93.6 Å². The number of aromatic nitrogens is 2. The van der Waals surface area contributed by atoms with Crippen molar-refractivity contribution in [3.05, 3.63) is 52.8 Å². The van der Waals surface area contributed by atoms with Gasteiger partial charge in [-0.05, 0) is 23.8 Å². The number of benzene rings is 1. The van der Waals surface area contributed by atoms with Crippen LogP contribution in [0.3, 0.4) is 0 Å². The first-order valence-electron chi connectivity index (χ1n) is 5.37. The number of oxime groups is 1. The molecule has 0 bridgehead atoms. The van der Waals surface area contributed by atoms with E-state index < -0.39 is 0 Å². The summed E-state index contributed by atoms with van der Waals surface area (Å²) in [5.41, 5.74) is 6.61. The normalized spacial score (nSPS) is 11.3. The maximum absolute atomic E-state index is 8.56. The van der Waals surface area contributed by atoms with Crippen molar-refractivity contribution in [2.45, 2.75) is 6.61 Å². The Morgan fingerprint density at radius 2 is 2.26 bits per heavy atom. The van der Waals surface area contributed by atoms with Crippen LogP contribution in [0.5, 0.6) is 6.01 Å². The molecule has 0 spiro atoms. The maximum atomic E-state index is 8.56. The van der Waals surface area contributed by atoms with Gasteiger partial charge in [0, 0.05) is 11.2 Å². The molecule has 0 atom stereocenters. The highest BCUT2D eigenvalue weighted by Crippen LogP contribution is 2.12. The molecular formula is C12H11ClN4O2. The number of amidine groups is 1. The van der Waals surface area contributed by atoms with Gasteiger partial charge in [-0.15, -0.1) is 0 Å². The molecule has 2 aromatic rings. The molecule has 0 aliphatic heterocycles. The number of rotatable bonds is 4. The van der Waals surface area contributed by atoms with E-state index in [-0.39, 0.29) is 18.5 Å². The molecule has 0 fully saturated rings. The summed E-state index contributed by atoms with van der Waals surface area (Å²) < 4.78 is 5.41. The molecule has 0 saturated carbocycles. The van der Waals surface area contributed by atoms with E-state index in [4.69, 9.17) is 27.3 Å². The molecule has 98 valence electrons. The summed E-state index contributed by atoms with van der Waals surface area (Å²) in [6, 6.07) is 8.93. The molecule has 6 nitrogen and oxygen atoms in total. The molecule has 19 heavy (non-hydrogen) atoms. The molecular weight excluding hydrogens is 268 g/mol. The zero-order valence-electron chi connectivity index (χ0n) is 9.82. The van der Waals surface area contributed by atoms with Crippen molar-refractivity contribution in [3.8, 4) is 6.01 Å². The molecule has 7 heteroatoms. The minimum atomic E-state index is -0.102. The summed E-state index contributed by atoms with van der Waals surface area (Å²) in [5, 5.41) is 12.1. The molecule has 1 aromatic heterocycles. The number of hydrogen-bond donors (Lipinski definition) is 2. The lowest BCUT2D eigenvalue weighted by atomic mass is 10.2. The minimum absolute atomic E-state index is 0.102. The lowest BCUT2D eigenvalue weighted by Crippen LogP contribution is -2.15.